The van der Waals surface area contributed by atoms with Crippen LogP contribution in [-0.4, -0.2) is 19.1 Å². The first-order valence-electron chi connectivity index (χ1n) is 17.8. The normalized spacial score (nSPS) is 12.0. The summed E-state index contributed by atoms with van der Waals surface area (Å²) in [5, 5.41) is 4.69. The van der Waals surface area contributed by atoms with E-state index >= 15 is 0 Å². The average Bonchev–Trinajstić information content (AvgIpc) is 3.84. The Morgan fingerprint density at radius 3 is 2.25 bits per heavy atom. The van der Waals surface area contributed by atoms with Crippen molar-refractivity contribution >= 4 is 54.6 Å². The number of nitrogens with zero attached hydrogens (tertiary/aromatic N) is 5. The first kappa shape index (κ1) is 33.1. The molecule has 53 heavy (non-hydrogen) atoms. The molecule has 0 aliphatic carbocycles. The molecular weight excluding hydrogens is 830 g/mol. The molecule has 0 unspecified atom stereocenters. The topological polar surface area (TPSA) is 49.7 Å². The molecule has 4 heterocycles. The van der Waals surface area contributed by atoms with E-state index in [0.717, 1.165) is 88.8 Å². The van der Waals surface area contributed by atoms with Crippen molar-refractivity contribution in [1.29, 1.82) is 0 Å². The number of imidazole rings is 1. The molecule has 6 heteroatoms. The van der Waals surface area contributed by atoms with Crippen molar-refractivity contribution in [2.24, 2.45) is 0 Å². The van der Waals surface area contributed by atoms with Crippen LogP contribution in [-0.2, 0) is 26.5 Å². The van der Waals surface area contributed by atoms with E-state index in [9.17, 15) is 0 Å². The van der Waals surface area contributed by atoms with Crippen LogP contribution in [0.4, 0.5) is 0 Å². The van der Waals surface area contributed by atoms with Crippen LogP contribution >= 0.6 is 0 Å². The Morgan fingerprint density at radius 2 is 1.43 bits per heavy atom. The van der Waals surface area contributed by atoms with Crippen LogP contribution in [0.5, 0.6) is 0 Å². The van der Waals surface area contributed by atoms with Gasteiger partial charge in [0.15, 0.2) is 0 Å². The summed E-state index contributed by atoms with van der Waals surface area (Å²) < 4.78 is 4.55. The van der Waals surface area contributed by atoms with Crippen molar-refractivity contribution in [2.45, 2.75) is 33.1 Å². The van der Waals surface area contributed by atoms with Crippen molar-refractivity contribution in [3.05, 3.63) is 157 Å². The van der Waals surface area contributed by atoms with Gasteiger partial charge in [0.05, 0.1) is 11.0 Å². The van der Waals surface area contributed by atoms with Crippen LogP contribution < -0.4 is 4.98 Å². The number of rotatable bonds is 4. The molecule has 0 N–H and O–H groups in total. The van der Waals surface area contributed by atoms with E-state index in [4.69, 9.17) is 15.0 Å². The van der Waals surface area contributed by atoms with Crippen LogP contribution in [0.15, 0.2) is 140 Å². The molecule has 6 aromatic carbocycles. The van der Waals surface area contributed by atoms with Crippen LogP contribution in [0.25, 0.3) is 88.7 Å². The summed E-state index contributed by atoms with van der Waals surface area (Å²) >= 11 is 0. The number of benzene rings is 6. The Balaban J connectivity index is 0.00000372. The van der Waals surface area contributed by atoms with Crippen molar-refractivity contribution < 1.29 is 21.1 Å². The number of fused-ring (bicyclic) bond motifs is 7. The van der Waals surface area contributed by atoms with Gasteiger partial charge in [0.2, 0.25) is 0 Å². The second-order valence-electron chi connectivity index (χ2n) is 14.7. The zero-order valence-electron chi connectivity index (χ0n) is 29.8. The monoisotopic (exact) mass is 864 g/mol. The standard InChI is InChI=1S/C47H35N5.Pt/c1-29-26-36(30-23-24-34-40(28-30)52(42-22-10-11-25-48-42)39-21-13-19-37(43(34)39)47(2,3)4)45-41(27-29)51(31-14-6-5-7-15-31)46(50-45)35-18-12-17-33-32-16-8-9-20-38(32)49-44(33)35;/h5-27H,1-4H3;/q-2;+2. The molecule has 0 saturated heterocycles. The Hall–Kier alpha value is -5.77. The van der Waals surface area contributed by atoms with Gasteiger partial charge in [-0.2, -0.15) is 0 Å². The molecule has 0 saturated carbocycles. The minimum Gasteiger partial charge on any atom is -0.656 e. The summed E-state index contributed by atoms with van der Waals surface area (Å²) in [5.74, 6) is 1.73. The summed E-state index contributed by atoms with van der Waals surface area (Å²) in [7, 11) is 0. The van der Waals surface area contributed by atoms with Crippen molar-refractivity contribution in [1.82, 2.24) is 24.1 Å². The smallest absolute Gasteiger partial charge is 0.656 e. The van der Waals surface area contributed by atoms with E-state index in [2.05, 4.69) is 158 Å². The van der Waals surface area contributed by atoms with Crippen molar-refractivity contribution in [3.63, 3.8) is 0 Å². The molecule has 0 spiro atoms. The Labute approximate surface area is 322 Å². The third-order valence-electron chi connectivity index (χ3n) is 10.3. The second-order valence-corrected chi connectivity index (χ2v) is 14.7. The van der Waals surface area contributed by atoms with Gasteiger partial charge in [-0.15, -0.1) is 34.8 Å². The minimum absolute atomic E-state index is 0. The summed E-state index contributed by atoms with van der Waals surface area (Å²) in [6.07, 6.45) is 1.86. The Kier molecular flexibility index (Phi) is 7.76. The van der Waals surface area contributed by atoms with E-state index in [1.807, 2.05) is 24.4 Å². The van der Waals surface area contributed by atoms with Gasteiger partial charge in [-0.1, -0.05) is 122 Å². The predicted molar refractivity (Wildman–Crippen MR) is 215 cm³/mol. The van der Waals surface area contributed by atoms with Gasteiger partial charge in [0.1, 0.15) is 11.6 Å². The van der Waals surface area contributed by atoms with Crippen LogP contribution in [0, 0.1) is 13.0 Å². The fraction of sp³-hybridized carbons (Fsp3) is 0.106. The summed E-state index contributed by atoms with van der Waals surface area (Å²) in [6.45, 7) is 9.00. The van der Waals surface area contributed by atoms with E-state index in [-0.39, 0.29) is 26.5 Å². The predicted octanol–water partition coefficient (Wildman–Crippen LogP) is 11.5. The first-order chi connectivity index (χ1) is 25.3. The molecular formula is C47H35N5Pt. The largest absolute Gasteiger partial charge is 2.00 e. The second kappa shape index (κ2) is 12.4. The zero-order chi connectivity index (χ0) is 35.1. The third kappa shape index (κ3) is 5.17. The van der Waals surface area contributed by atoms with Gasteiger partial charge in [-0.3, -0.25) is 4.57 Å². The van der Waals surface area contributed by atoms with Gasteiger partial charge in [0.25, 0.3) is 0 Å². The number of para-hydroxylation sites is 3. The number of pyridine rings is 1. The minimum atomic E-state index is -0.0456. The van der Waals surface area contributed by atoms with E-state index in [1.165, 1.54) is 10.9 Å². The molecule has 4 aromatic heterocycles. The summed E-state index contributed by atoms with van der Waals surface area (Å²) in [5.41, 5.74) is 12.5. The molecule has 0 aliphatic rings. The van der Waals surface area contributed by atoms with E-state index < -0.39 is 0 Å². The maximum atomic E-state index is 5.53. The molecule has 0 atom stereocenters. The Bertz CT molecular complexity index is 3000. The van der Waals surface area contributed by atoms with Crippen LogP contribution in [0.3, 0.4) is 0 Å². The summed E-state index contributed by atoms with van der Waals surface area (Å²) in [6, 6.07) is 50.9. The average molecular weight is 865 g/mol. The quantitative estimate of drug-likeness (QED) is 0.166. The van der Waals surface area contributed by atoms with Crippen LogP contribution in [0.1, 0.15) is 31.9 Å². The fourth-order valence-corrected chi connectivity index (χ4v) is 8.02. The maximum absolute atomic E-state index is 5.53. The summed E-state index contributed by atoms with van der Waals surface area (Å²) in [4.78, 5) is 15.5. The van der Waals surface area contributed by atoms with E-state index in [1.54, 1.807) is 0 Å². The van der Waals surface area contributed by atoms with Crippen molar-refractivity contribution in [3.8, 4) is 34.0 Å². The van der Waals surface area contributed by atoms with Crippen molar-refractivity contribution in [2.75, 3.05) is 0 Å². The molecule has 5 nitrogen and oxygen atoms in total. The molecule has 0 amide bonds. The molecule has 0 fully saturated rings. The van der Waals surface area contributed by atoms with Gasteiger partial charge in [-0.05, 0) is 76.0 Å². The van der Waals surface area contributed by atoms with Gasteiger partial charge in [-0.25, -0.2) is 9.97 Å². The first-order valence-corrected chi connectivity index (χ1v) is 17.8. The zero-order valence-corrected chi connectivity index (χ0v) is 32.1. The SMILES string of the molecule is Cc1cc(-c2[c-]c3c(cc2)c2c(C(C)(C)C)cccc2n3-c2ccccn2)c2nc(-c3cccc4c3[n-]c3ccccc34)n(-c3ccccc3)c2c1.[Pt+2]. The molecule has 0 radical (unpaired) electrons. The fourth-order valence-electron chi connectivity index (χ4n) is 8.02. The van der Waals surface area contributed by atoms with Gasteiger partial charge in [0, 0.05) is 23.0 Å². The number of aryl methyl sites for hydroxylation is 1. The van der Waals surface area contributed by atoms with Crippen LogP contribution in [0.2, 0.25) is 0 Å². The molecule has 0 bridgehead atoms. The molecule has 10 rings (SSSR count). The third-order valence-corrected chi connectivity index (χ3v) is 10.3. The molecule has 258 valence electrons. The number of hydrogen-bond acceptors (Lipinski definition) is 2. The van der Waals surface area contributed by atoms with E-state index in [0.29, 0.717) is 0 Å². The van der Waals surface area contributed by atoms with Gasteiger partial charge >= 0.3 is 21.1 Å². The maximum Gasteiger partial charge on any atom is 2.00 e. The molecule has 10 aromatic rings. The molecule has 0 aliphatic heterocycles. The Morgan fingerprint density at radius 1 is 0.660 bits per heavy atom. The van der Waals surface area contributed by atoms with Gasteiger partial charge < -0.3 is 9.55 Å². The number of hydrogen-bond donors (Lipinski definition) is 0. The number of aromatic nitrogens is 5.